The van der Waals surface area contributed by atoms with Crippen LogP contribution in [-0.4, -0.2) is 53.7 Å². The van der Waals surface area contributed by atoms with Gasteiger partial charge in [0.15, 0.2) is 5.16 Å². The number of methoxy groups -OCH3 is 2. The molecule has 0 atom stereocenters. The van der Waals surface area contributed by atoms with E-state index in [1.807, 2.05) is 34.9 Å². The Kier molecular flexibility index (Phi) is 7.61. The highest BCUT2D eigenvalue weighted by Gasteiger charge is 2.22. The largest absolute Gasteiger partial charge is 0.495 e. The summed E-state index contributed by atoms with van der Waals surface area (Å²) in [7, 11) is 3.05. The minimum Gasteiger partial charge on any atom is -0.495 e. The van der Waals surface area contributed by atoms with Crippen molar-refractivity contribution in [2.45, 2.75) is 24.4 Å². The van der Waals surface area contributed by atoms with Crippen LogP contribution in [-0.2, 0) is 4.79 Å². The van der Waals surface area contributed by atoms with Gasteiger partial charge in [0.1, 0.15) is 11.5 Å². The smallest absolute Gasteiger partial charge is 0.234 e. The van der Waals surface area contributed by atoms with Gasteiger partial charge in [0.25, 0.3) is 0 Å². The van der Waals surface area contributed by atoms with Crippen LogP contribution in [0.2, 0.25) is 5.02 Å². The Morgan fingerprint density at radius 3 is 2.48 bits per heavy atom. The fourth-order valence-corrected chi connectivity index (χ4v) is 4.72. The molecule has 3 aromatic rings. The molecular weight excluding hydrogens is 462 g/mol. The minimum absolute atomic E-state index is 0.151. The number of aromatic nitrogens is 3. The molecule has 0 aliphatic carbocycles. The van der Waals surface area contributed by atoms with Gasteiger partial charge in [-0.05, 0) is 37.5 Å². The van der Waals surface area contributed by atoms with Gasteiger partial charge in [-0.2, -0.15) is 0 Å². The van der Waals surface area contributed by atoms with E-state index in [2.05, 4.69) is 20.4 Å². The highest BCUT2D eigenvalue weighted by molar-refractivity contribution is 7.99. The number of nitrogens with zero attached hydrogens (tertiary/aromatic N) is 4. The van der Waals surface area contributed by atoms with Crippen molar-refractivity contribution < 1.29 is 14.3 Å². The third-order valence-corrected chi connectivity index (χ3v) is 6.57. The zero-order valence-electron chi connectivity index (χ0n) is 18.6. The lowest BCUT2D eigenvalue weighted by atomic mass is 10.1. The van der Waals surface area contributed by atoms with Crippen molar-refractivity contribution in [2.75, 3.05) is 43.3 Å². The highest BCUT2D eigenvalue weighted by atomic mass is 35.5. The summed E-state index contributed by atoms with van der Waals surface area (Å²) in [6.07, 6.45) is 3.51. The van der Waals surface area contributed by atoms with E-state index in [1.165, 1.54) is 32.4 Å². The van der Waals surface area contributed by atoms with Crippen molar-refractivity contribution >= 4 is 40.9 Å². The highest BCUT2D eigenvalue weighted by Crippen LogP contribution is 2.36. The maximum atomic E-state index is 12.7. The molecule has 10 heteroatoms. The van der Waals surface area contributed by atoms with Gasteiger partial charge in [-0.15, -0.1) is 10.2 Å². The number of nitrogens with one attached hydrogen (secondary N) is 1. The van der Waals surface area contributed by atoms with Crippen LogP contribution < -0.4 is 19.7 Å². The van der Waals surface area contributed by atoms with Crippen molar-refractivity contribution in [1.82, 2.24) is 14.8 Å². The first-order valence-corrected chi connectivity index (χ1v) is 12.1. The van der Waals surface area contributed by atoms with E-state index in [9.17, 15) is 4.79 Å². The number of ether oxygens (including phenoxy) is 2. The van der Waals surface area contributed by atoms with Gasteiger partial charge in [0.05, 0.1) is 36.4 Å². The second-order valence-electron chi connectivity index (χ2n) is 7.53. The molecule has 4 rings (SSSR count). The monoisotopic (exact) mass is 487 g/mol. The number of anilines is 2. The summed E-state index contributed by atoms with van der Waals surface area (Å²) in [6.45, 7) is 1.91. The molecule has 8 nitrogen and oxygen atoms in total. The summed E-state index contributed by atoms with van der Waals surface area (Å²) in [4.78, 5) is 15.0. The topological polar surface area (TPSA) is 81.5 Å². The average Bonchev–Trinajstić information content (AvgIpc) is 3.28. The van der Waals surface area contributed by atoms with Crippen molar-refractivity contribution in [2.24, 2.45) is 0 Å². The number of amides is 1. The summed E-state index contributed by atoms with van der Waals surface area (Å²) >= 11 is 7.55. The number of hydrogen-bond acceptors (Lipinski definition) is 7. The fourth-order valence-electron chi connectivity index (χ4n) is 3.73. The first kappa shape index (κ1) is 23.3. The predicted molar refractivity (Wildman–Crippen MR) is 131 cm³/mol. The maximum Gasteiger partial charge on any atom is 0.234 e. The summed E-state index contributed by atoms with van der Waals surface area (Å²) in [6, 6.07) is 13.2. The number of para-hydroxylation sites is 1. The number of hydrogen-bond donors (Lipinski definition) is 1. The van der Waals surface area contributed by atoms with E-state index >= 15 is 0 Å². The van der Waals surface area contributed by atoms with E-state index in [-0.39, 0.29) is 11.7 Å². The molecule has 174 valence electrons. The zero-order valence-corrected chi connectivity index (χ0v) is 20.2. The Balaban J connectivity index is 1.52. The first-order chi connectivity index (χ1) is 16.1. The van der Waals surface area contributed by atoms with Crippen molar-refractivity contribution in [3.8, 4) is 17.2 Å². The Morgan fingerprint density at radius 2 is 1.79 bits per heavy atom. The molecule has 0 radical (unpaired) electrons. The van der Waals surface area contributed by atoms with Crippen molar-refractivity contribution in [3.05, 3.63) is 47.5 Å². The van der Waals surface area contributed by atoms with Crippen LogP contribution in [0.1, 0.15) is 19.3 Å². The van der Waals surface area contributed by atoms with Gasteiger partial charge in [0, 0.05) is 19.2 Å². The molecule has 0 bridgehead atoms. The van der Waals surface area contributed by atoms with Gasteiger partial charge >= 0.3 is 0 Å². The molecule has 2 aromatic carbocycles. The lowest BCUT2D eigenvalue weighted by molar-refractivity contribution is -0.113. The number of benzene rings is 2. The van der Waals surface area contributed by atoms with Crippen LogP contribution in [0.3, 0.4) is 0 Å². The average molecular weight is 488 g/mol. The maximum absolute atomic E-state index is 12.7. The number of carbonyl (C=O) groups is 1. The second-order valence-corrected chi connectivity index (χ2v) is 8.87. The summed E-state index contributed by atoms with van der Waals surface area (Å²) in [5.74, 6) is 1.70. The third-order valence-electron chi connectivity index (χ3n) is 5.35. The molecular formula is C23H26ClN5O3S. The number of thioether (sulfide) groups is 1. The molecule has 1 saturated heterocycles. The van der Waals surface area contributed by atoms with Crippen molar-refractivity contribution in [1.29, 1.82) is 0 Å². The zero-order chi connectivity index (χ0) is 23.2. The van der Waals surface area contributed by atoms with Crippen LogP contribution in [0.4, 0.5) is 11.6 Å². The molecule has 0 unspecified atom stereocenters. The van der Waals surface area contributed by atoms with Gasteiger partial charge in [0.2, 0.25) is 11.9 Å². The predicted octanol–water partition coefficient (Wildman–Crippen LogP) is 4.66. The number of carbonyl (C=O) groups excluding carboxylic acids is 1. The van der Waals surface area contributed by atoms with Crippen molar-refractivity contribution in [3.63, 3.8) is 0 Å². The normalized spacial score (nSPS) is 13.6. The van der Waals surface area contributed by atoms with Crippen LogP contribution >= 0.6 is 23.4 Å². The van der Waals surface area contributed by atoms with Crippen LogP contribution in [0.25, 0.3) is 5.69 Å². The molecule has 1 aromatic heterocycles. The van der Waals surface area contributed by atoms with E-state index in [0.29, 0.717) is 27.4 Å². The van der Waals surface area contributed by atoms with Crippen LogP contribution in [0, 0.1) is 0 Å². The number of rotatable bonds is 8. The van der Waals surface area contributed by atoms with E-state index < -0.39 is 0 Å². The summed E-state index contributed by atoms with van der Waals surface area (Å²) < 4.78 is 12.6. The molecule has 1 amide bonds. The van der Waals surface area contributed by atoms with E-state index in [1.54, 1.807) is 12.1 Å². The van der Waals surface area contributed by atoms with Crippen LogP contribution in [0.5, 0.6) is 11.5 Å². The molecule has 2 heterocycles. The Bertz CT molecular complexity index is 1100. The number of halogens is 1. The van der Waals surface area contributed by atoms with Gasteiger partial charge in [-0.3, -0.25) is 9.36 Å². The molecule has 1 fully saturated rings. The third kappa shape index (κ3) is 5.36. The van der Waals surface area contributed by atoms with Crippen LogP contribution in [0.15, 0.2) is 47.6 Å². The fraction of sp³-hybridized carbons (Fsp3) is 0.348. The van der Waals surface area contributed by atoms with Gasteiger partial charge < -0.3 is 19.7 Å². The summed E-state index contributed by atoms with van der Waals surface area (Å²) in [5.41, 5.74) is 1.45. The Labute approximate surface area is 202 Å². The standard InChI is InChI=1S/C23H26ClN5O3S/c1-31-19-14-20(32-2)18(13-17(19)24)25-21(30)15-33-23-27-26-22(28-11-7-4-8-12-28)29(23)16-9-5-3-6-10-16/h3,5-6,9-10,13-14H,4,7-8,11-12,15H2,1-2H3,(H,25,30). The second kappa shape index (κ2) is 10.8. The number of piperidine rings is 1. The molecule has 1 aliphatic heterocycles. The Hall–Kier alpha value is -2.91. The molecule has 0 spiro atoms. The van der Waals surface area contributed by atoms with Gasteiger partial charge in [-0.25, -0.2) is 0 Å². The minimum atomic E-state index is -0.207. The first-order valence-electron chi connectivity index (χ1n) is 10.7. The Morgan fingerprint density at radius 1 is 1.06 bits per heavy atom. The van der Waals surface area contributed by atoms with E-state index in [0.717, 1.165) is 37.6 Å². The molecule has 33 heavy (non-hydrogen) atoms. The van der Waals surface area contributed by atoms with E-state index in [4.69, 9.17) is 21.1 Å². The SMILES string of the molecule is COc1cc(OC)c(NC(=O)CSc2nnc(N3CCCCC3)n2-c2ccccc2)cc1Cl. The lowest BCUT2D eigenvalue weighted by Gasteiger charge is -2.27. The molecule has 0 saturated carbocycles. The molecule has 1 N–H and O–H groups in total. The quantitative estimate of drug-likeness (QED) is 0.463. The van der Waals surface area contributed by atoms with Gasteiger partial charge in [-0.1, -0.05) is 41.6 Å². The summed E-state index contributed by atoms with van der Waals surface area (Å²) in [5, 5.41) is 12.8. The molecule has 1 aliphatic rings. The lowest BCUT2D eigenvalue weighted by Crippen LogP contribution is -2.31.